The molecule has 1 amide bonds. The van der Waals surface area contributed by atoms with Crippen LogP contribution >= 0.6 is 0 Å². The van der Waals surface area contributed by atoms with Gasteiger partial charge in [-0.1, -0.05) is 0 Å². The molecule has 2 heterocycles. The summed E-state index contributed by atoms with van der Waals surface area (Å²) in [5.41, 5.74) is 0. The van der Waals surface area contributed by atoms with Gasteiger partial charge < -0.3 is 15.0 Å². The van der Waals surface area contributed by atoms with E-state index in [1.165, 1.54) is 6.42 Å². The van der Waals surface area contributed by atoms with Crippen LogP contribution in [0.1, 0.15) is 32.6 Å². The van der Waals surface area contributed by atoms with Crippen molar-refractivity contribution < 1.29 is 9.53 Å². The molecule has 4 heteroatoms. The average Bonchev–Trinajstić information content (AvgIpc) is 2.31. The summed E-state index contributed by atoms with van der Waals surface area (Å²) in [5.74, 6) is 0.265. The number of piperazine rings is 1. The first-order valence-electron chi connectivity index (χ1n) is 6.39. The van der Waals surface area contributed by atoms with E-state index in [-0.39, 0.29) is 12.0 Å². The molecule has 2 atom stereocenters. The van der Waals surface area contributed by atoms with Crippen molar-refractivity contribution in [2.75, 3.05) is 26.2 Å². The van der Waals surface area contributed by atoms with Gasteiger partial charge in [0.15, 0.2) is 0 Å². The maximum absolute atomic E-state index is 12.1. The van der Waals surface area contributed by atoms with Crippen molar-refractivity contribution in [3.05, 3.63) is 0 Å². The summed E-state index contributed by atoms with van der Waals surface area (Å²) in [4.78, 5) is 14.1. The van der Waals surface area contributed by atoms with Crippen LogP contribution in [0.5, 0.6) is 0 Å². The molecule has 0 saturated carbocycles. The van der Waals surface area contributed by atoms with Crippen LogP contribution in [-0.4, -0.2) is 49.2 Å². The number of rotatable bonds is 2. The number of hydrogen-bond donors (Lipinski definition) is 1. The van der Waals surface area contributed by atoms with Crippen LogP contribution < -0.4 is 5.32 Å². The first-order valence-corrected chi connectivity index (χ1v) is 6.39. The van der Waals surface area contributed by atoms with Crippen LogP contribution in [0.4, 0.5) is 0 Å². The van der Waals surface area contributed by atoms with Gasteiger partial charge in [-0.25, -0.2) is 0 Å². The SMILES string of the molecule is CC1CNCCN1C(=O)CC1CCCCO1. The van der Waals surface area contributed by atoms with Crippen LogP contribution in [0.2, 0.25) is 0 Å². The fourth-order valence-corrected chi connectivity index (χ4v) is 2.49. The first-order chi connectivity index (χ1) is 7.77. The molecule has 2 aliphatic heterocycles. The third-order valence-corrected chi connectivity index (χ3v) is 3.50. The average molecular weight is 226 g/mol. The lowest BCUT2D eigenvalue weighted by molar-refractivity contribution is -0.137. The van der Waals surface area contributed by atoms with Gasteiger partial charge in [0.2, 0.25) is 5.91 Å². The van der Waals surface area contributed by atoms with Gasteiger partial charge in [-0.2, -0.15) is 0 Å². The van der Waals surface area contributed by atoms with Crippen LogP contribution in [0.15, 0.2) is 0 Å². The van der Waals surface area contributed by atoms with Crippen molar-refractivity contribution in [3.8, 4) is 0 Å². The largest absolute Gasteiger partial charge is 0.378 e. The molecule has 0 aromatic heterocycles. The number of amides is 1. The second kappa shape index (κ2) is 5.64. The third kappa shape index (κ3) is 2.95. The lowest BCUT2D eigenvalue weighted by Crippen LogP contribution is -2.52. The molecular formula is C12H22N2O2. The molecule has 2 fully saturated rings. The molecule has 0 aromatic carbocycles. The van der Waals surface area contributed by atoms with Crippen LogP contribution in [-0.2, 0) is 9.53 Å². The smallest absolute Gasteiger partial charge is 0.225 e. The summed E-state index contributed by atoms with van der Waals surface area (Å²) >= 11 is 0. The topological polar surface area (TPSA) is 41.6 Å². The maximum atomic E-state index is 12.1. The van der Waals surface area contributed by atoms with E-state index >= 15 is 0 Å². The Morgan fingerprint density at radius 3 is 3.06 bits per heavy atom. The second-order valence-corrected chi connectivity index (χ2v) is 4.83. The molecule has 16 heavy (non-hydrogen) atoms. The summed E-state index contributed by atoms with van der Waals surface area (Å²) in [7, 11) is 0. The Bertz CT molecular complexity index is 239. The minimum absolute atomic E-state index is 0.170. The van der Waals surface area contributed by atoms with E-state index in [2.05, 4.69) is 12.2 Å². The monoisotopic (exact) mass is 226 g/mol. The van der Waals surface area contributed by atoms with Gasteiger partial charge in [0.05, 0.1) is 12.5 Å². The Morgan fingerprint density at radius 2 is 2.38 bits per heavy atom. The standard InChI is InChI=1S/C12H22N2O2/c1-10-9-13-5-6-14(10)12(15)8-11-4-2-3-7-16-11/h10-11,13H,2-9H2,1H3. The lowest BCUT2D eigenvalue weighted by Gasteiger charge is -2.35. The van der Waals surface area contributed by atoms with E-state index in [9.17, 15) is 4.79 Å². The number of ether oxygens (including phenoxy) is 1. The molecule has 92 valence electrons. The minimum atomic E-state index is 0.170. The number of nitrogens with zero attached hydrogens (tertiary/aromatic N) is 1. The molecule has 4 nitrogen and oxygen atoms in total. The normalized spacial score (nSPS) is 31.4. The molecular weight excluding hydrogens is 204 g/mol. The molecule has 2 aliphatic rings. The summed E-state index contributed by atoms with van der Waals surface area (Å²) in [6.45, 7) is 5.60. The predicted molar refractivity (Wildman–Crippen MR) is 62.3 cm³/mol. The highest BCUT2D eigenvalue weighted by Gasteiger charge is 2.26. The molecule has 0 aliphatic carbocycles. The third-order valence-electron chi connectivity index (χ3n) is 3.50. The van der Waals surface area contributed by atoms with Crippen LogP contribution in [0.25, 0.3) is 0 Å². The molecule has 2 unspecified atom stereocenters. The van der Waals surface area contributed by atoms with E-state index < -0.39 is 0 Å². The Balaban J connectivity index is 1.81. The van der Waals surface area contributed by atoms with E-state index in [0.29, 0.717) is 12.5 Å². The van der Waals surface area contributed by atoms with E-state index in [1.54, 1.807) is 0 Å². The second-order valence-electron chi connectivity index (χ2n) is 4.83. The number of carbonyl (C=O) groups is 1. The zero-order valence-corrected chi connectivity index (χ0v) is 10.1. The lowest BCUT2D eigenvalue weighted by atomic mass is 10.0. The zero-order chi connectivity index (χ0) is 11.4. The number of carbonyl (C=O) groups excluding carboxylic acids is 1. The molecule has 0 aromatic rings. The van der Waals surface area contributed by atoms with Gasteiger partial charge in [-0.05, 0) is 26.2 Å². The van der Waals surface area contributed by atoms with Gasteiger partial charge in [-0.3, -0.25) is 4.79 Å². The Hall–Kier alpha value is -0.610. The summed E-state index contributed by atoms with van der Waals surface area (Å²) in [6, 6.07) is 0.324. The van der Waals surface area contributed by atoms with Gasteiger partial charge in [0, 0.05) is 32.3 Å². The number of nitrogens with one attached hydrogen (secondary N) is 1. The van der Waals surface area contributed by atoms with Crippen LogP contribution in [0, 0.1) is 0 Å². The molecule has 2 saturated heterocycles. The fourth-order valence-electron chi connectivity index (χ4n) is 2.49. The summed E-state index contributed by atoms with van der Waals surface area (Å²) in [6.07, 6.45) is 4.14. The molecule has 1 N–H and O–H groups in total. The first kappa shape index (κ1) is 11.9. The highest BCUT2D eigenvalue weighted by Crippen LogP contribution is 2.17. The van der Waals surface area contributed by atoms with E-state index in [0.717, 1.165) is 39.1 Å². The van der Waals surface area contributed by atoms with Crippen molar-refractivity contribution in [2.24, 2.45) is 0 Å². The number of hydrogen-bond acceptors (Lipinski definition) is 3. The molecule has 0 bridgehead atoms. The van der Waals surface area contributed by atoms with Gasteiger partial charge in [-0.15, -0.1) is 0 Å². The van der Waals surface area contributed by atoms with Crippen molar-refractivity contribution in [1.82, 2.24) is 10.2 Å². The van der Waals surface area contributed by atoms with Crippen molar-refractivity contribution >= 4 is 5.91 Å². The summed E-state index contributed by atoms with van der Waals surface area (Å²) in [5, 5.41) is 3.30. The Labute approximate surface area is 97.3 Å². The van der Waals surface area contributed by atoms with E-state index in [1.807, 2.05) is 4.90 Å². The van der Waals surface area contributed by atoms with Crippen molar-refractivity contribution in [1.29, 1.82) is 0 Å². The Kier molecular flexibility index (Phi) is 4.18. The van der Waals surface area contributed by atoms with Gasteiger partial charge in [0.25, 0.3) is 0 Å². The fraction of sp³-hybridized carbons (Fsp3) is 0.917. The highest BCUT2D eigenvalue weighted by molar-refractivity contribution is 5.77. The maximum Gasteiger partial charge on any atom is 0.225 e. The van der Waals surface area contributed by atoms with Crippen molar-refractivity contribution in [3.63, 3.8) is 0 Å². The van der Waals surface area contributed by atoms with Crippen molar-refractivity contribution in [2.45, 2.75) is 44.8 Å². The summed E-state index contributed by atoms with van der Waals surface area (Å²) < 4.78 is 5.61. The van der Waals surface area contributed by atoms with E-state index in [4.69, 9.17) is 4.74 Å². The van der Waals surface area contributed by atoms with Gasteiger partial charge in [0.1, 0.15) is 0 Å². The molecule has 0 radical (unpaired) electrons. The predicted octanol–water partition coefficient (Wildman–Crippen LogP) is 0.766. The minimum Gasteiger partial charge on any atom is -0.378 e. The quantitative estimate of drug-likeness (QED) is 0.756. The molecule has 0 spiro atoms. The highest BCUT2D eigenvalue weighted by atomic mass is 16.5. The molecule has 2 rings (SSSR count). The van der Waals surface area contributed by atoms with Crippen LogP contribution in [0.3, 0.4) is 0 Å². The Morgan fingerprint density at radius 1 is 1.50 bits per heavy atom. The van der Waals surface area contributed by atoms with Gasteiger partial charge >= 0.3 is 0 Å². The zero-order valence-electron chi connectivity index (χ0n) is 10.1.